The third-order valence-corrected chi connectivity index (χ3v) is 2.48. The molecule has 5 heteroatoms. The number of hydrogen-bond acceptors (Lipinski definition) is 3. The molecular weight excluding hydrogens is 228 g/mol. The van der Waals surface area contributed by atoms with Crippen molar-refractivity contribution in [2.24, 2.45) is 5.92 Å². The summed E-state index contributed by atoms with van der Waals surface area (Å²) in [4.78, 5) is 13.9. The van der Waals surface area contributed by atoms with Gasteiger partial charge in [0.15, 0.2) is 0 Å². The highest BCUT2D eigenvalue weighted by atomic mass is 35.5. The number of ether oxygens (including phenoxy) is 1. The van der Waals surface area contributed by atoms with Gasteiger partial charge < -0.3 is 15.0 Å². The molecule has 0 aromatic rings. The van der Waals surface area contributed by atoms with Crippen LogP contribution in [0.4, 0.5) is 0 Å². The van der Waals surface area contributed by atoms with E-state index in [1.165, 1.54) is 0 Å². The number of carbonyl (C=O) groups excluding carboxylic acids is 1. The summed E-state index contributed by atoms with van der Waals surface area (Å²) in [6.45, 7) is 9.96. The zero-order valence-electron chi connectivity index (χ0n) is 10.4. The van der Waals surface area contributed by atoms with E-state index in [-0.39, 0.29) is 24.4 Å². The average molecular weight is 251 g/mol. The van der Waals surface area contributed by atoms with Crippen LogP contribution in [0.25, 0.3) is 0 Å². The number of nitrogens with one attached hydrogen (secondary N) is 1. The molecule has 0 spiro atoms. The fraction of sp³-hybridized carbons (Fsp3) is 0.909. The van der Waals surface area contributed by atoms with Crippen LogP contribution in [0.5, 0.6) is 0 Å². The summed E-state index contributed by atoms with van der Waals surface area (Å²) in [6.07, 6.45) is -0.280. The highest BCUT2D eigenvalue weighted by molar-refractivity contribution is 5.85. The molecule has 4 nitrogen and oxygen atoms in total. The highest BCUT2D eigenvalue weighted by Crippen LogP contribution is 2.05. The fourth-order valence-corrected chi connectivity index (χ4v) is 1.74. The Bertz CT molecular complexity index is 206. The Morgan fingerprint density at radius 3 is 2.69 bits per heavy atom. The van der Waals surface area contributed by atoms with E-state index in [0.29, 0.717) is 19.1 Å². The Morgan fingerprint density at radius 1 is 1.56 bits per heavy atom. The monoisotopic (exact) mass is 250 g/mol. The van der Waals surface area contributed by atoms with Crippen LogP contribution in [0.2, 0.25) is 0 Å². The third-order valence-electron chi connectivity index (χ3n) is 2.48. The molecular formula is C11H23ClN2O2. The minimum absolute atomic E-state index is 0. The van der Waals surface area contributed by atoms with Crippen LogP contribution in [0, 0.1) is 5.92 Å². The van der Waals surface area contributed by atoms with E-state index < -0.39 is 0 Å². The quantitative estimate of drug-likeness (QED) is 0.806. The molecule has 0 bridgehead atoms. The summed E-state index contributed by atoms with van der Waals surface area (Å²) in [5, 5.41) is 3.18. The zero-order valence-corrected chi connectivity index (χ0v) is 11.2. The van der Waals surface area contributed by atoms with E-state index in [4.69, 9.17) is 4.74 Å². The van der Waals surface area contributed by atoms with Gasteiger partial charge in [0.1, 0.15) is 6.10 Å². The number of likely N-dealkylation sites (N-methyl/N-ethyl adjacent to an activating group) is 1. The van der Waals surface area contributed by atoms with E-state index in [2.05, 4.69) is 19.2 Å². The van der Waals surface area contributed by atoms with Gasteiger partial charge in [0, 0.05) is 26.2 Å². The fourth-order valence-electron chi connectivity index (χ4n) is 1.74. The van der Waals surface area contributed by atoms with Crippen molar-refractivity contribution in [3.8, 4) is 0 Å². The predicted octanol–water partition coefficient (Wildman–Crippen LogP) is 0.901. The summed E-state index contributed by atoms with van der Waals surface area (Å²) < 4.78 is 5.45. The number of carbonyl (C=O) groups is 1. The topological polar surface area (TPSA) is 41.6 Å². The number of nitrogens with zero attached hydrogens (tertiary/aromatic N) is 1. The molecule has 1 aliphatic rings. The molecule has 1 heterocycles. The van der Waals surface area contributed by atoms with Gasteiger partial charge in [-0.2, -0.15) is 0 Å². The third kappa shape index (κ3) is 4.68. The molecule has 1 aliphatic heterocycles. The van der Waals surface area contributed by atoms with Gasteiger partial charge in [0.2, 0.25) is 0 Å². The second-order valence-electron chi connectivity index (χ2n) is 4.33. The first-order valence-corrected chi connectivity index (χ1v) is 5.76. The van der Waals surface area contributed by atoms with Crippen molar-refractivity contribution < 1.29 is 9.53 Å². The predicted molar refractivity (Wildman–Crippen MR) is 66.9 cm³/mol. The Hall–Kier alpha value is -0.320. The molecule has 0 aliphatic carbocycles. The van der Waals surface area contributed by atoms with Crippen molar-refractivity contribution in [2.75, 3.05) is 32.8 Å². The van der Waals surface area contributed by atoms with Crippen molar-refractivity contribution >= 4 is 18.3 Å². The van der Waals surface area contributed by atoms with E-state index in [1.54, 1.807) is 0 Å². The largest absolute Gasteiger partial charge is 0.366 e. The van der Waals surface area contributed by atoms with E-state index in [9.17, 15) is 4.79 Å². The van der Waals surface area contributed by atoms with Crippen LogP contribution < -0.4 is 5.32 Å². The molecule has 1 fully saturated rings. The van der Waals surface area contributed by atoms with Crippen molar-refractivity contribution in [1.29, 1.82) is 0 Å². The van der Waals surface area contributed by atoms with E-state index in [1.807, 2.05) is 11.8 Å². The zero-order chi connectivity index (χ0) is 11.3. The Balaban J connectivity index is 0.00000225. The smallest absolute Gasteiger partial charge is 0.253 e. The summed E-state index contributed by atoms with van der Waals surface area (Å²) >= 11 is 0. The van der Waals surface area contributed by atoms with Crippen molar-refractivity contribution in [3.05, 3.63) is 0 Å². The Labute approximate surface area is 104 Å². The summed E-state index contributed by atoms with van der Waals surface area (Å²) in [7, 11) is 0. The van der Waals surface area contributed by atoms with Gasteiger partial charge in [-0.25, -0.2) is 0 Å². The van der Waals surface area contributed by atoms with Crippen LogP contribution >= 0.6 is 12.4 Å². The molecule has 1 atom stereocenters. The Morgan fingerprint density at radius 2 is 2.25 bits per heavy atom. The maximum absolute atomic E-state index is 12.0. The van der Waals surface area contributed by atoms with Crippen LogP contribution in [0.3, 0.4) is 0 Å². The first-order chi connectivity index (χ1) is 7.15. The van der Waals surface area contributed by atoms with Gasteiger partial charge in [-0.3, -0.25) is 4.79 Å². The lowest BCUT2D eigenvalue weighted by Crippen LogP contribution is -2.50. The van der Waals surface area contributed by atoms with Gasteiger partial charge in [-0.15, -0.1) is 12.4 Å². The van der Waals surface area contributed by atoms with Gasteiger partial charge in [0.05, 0.1) is 6.61 Å². The number of rotatable bonds is 4. The van der Waals surface area contributed by atoms with E-state index >= 15 is 0 Å². The number of amides is 1. The summed E-state index contributed by atoms with van der Waals surface area (Å²) in [5.41, 5.74) is 0. The number of hydrogen-bond donors (Lipinski definition) is 1. The second-order valence-corrected chi connectivity index (χ2v) is 4.33. The Kier molecular flexibility index (Phi) is 7.72. The van der Waals surface area contributed by atoms with E-state index in [0.717, 1.165) is 19.6 Å². The molecule has 16 heavy (non-hydrogen) atoms. The second kappa shape index (κ2) is 7.87. The average Bonchev–Trinajstić information content (AvgIpc) is 2.26. The van der Waals surface area contributed by atoms with Crippen molar-refractivity contribution in [3.63, 3.8) is 0 Å². The first kappa shape index (κ1) is 15.7. The highest BCUT2D eigenvalue weighted by Gasteiger charge is 2.26. The molecule has 96 valence electrons. The van der Waals surface area contributed by atoms with Crippen LogP contribution in [-0.2, 0) is 9.53 Å². The van der Waals surface area contributed by atoms with Gasteiger partial charge >= 0.3 is 0 Å². The molecule has 1 rings (SSSR count). The molecule has 1 saturated heterocycles. The molecule has 0 aromatic carbocycles. The first-order valence-electron chi connectivity index (χ1n) is 5.76. The van der Waals surface area contributed by atoms with Gasteiger partial charge in [-0.1, -0.05) is 13.8 Å². The molecule has 1 N–H and O–H groups in total. The summed E-state index contributed by atoms with van der Waals surface area (Å²) in [6, 6.07) is 0. The van der Waals surface area contributed by atoms with Crippen molar-refractivity contribution in [1.82, 2.24) is 10.2 Å². The van der Waals surface area contributed by atoms with Gasteiger partial charge in [-0.05, 0) is 12.8 Å². The van der Waals surface area contributed by atoms with Crippen LogP contribution in [0.1, 0.15) is 20.8 Å². The van der Waals surface area contributed by atoms with Crippen molar-refractivity contribution in [2.45, 2.75) is 26.9 Å². The normalized spacial score (nSPS) is 20.4. The molecule has 0 unspecified atom stereocenters. The minimum atomic E-state index is -0.280. The molecule has 1 amide bonds. The molecule has 0 aromatic heterocycles. The lowest BCUT2D eigenvalue weighted by atomic mass is 10.2. The summed E-state index contributed by atoms with van der Waals surface area (Å²) in [5.74, 6) is 0.629. The van der Waals surface area contributed by atoms with Gasteiger partial charge in [0.25, 0.3) is 5.91 Å². The van der Waals surface area contributed by atoms with Crippen LogP contribution in [0.15, 0.2) is 0 Å². The standard InChI is InChI=1S/C11H22N2O2.ClH/c1-4-13(8-9(2)3)11(14)10-7-12-5-6-15-10;/h9-10,12H,4-8H2,1-3H3;1H/t10-;/m0./s1. The maximum Gasteiger partial charge on any atom is 0.253 e. The van der Waals surface area contributed by atoms with Crippen LogP contribution in [-0.4, -0.2) is 49.7 Å². The lowest BCUT2D eigenvalue weighted by molar-refractivity contribution is -0.145. The minimum Gasteiger partial charge on any atom is -0.366 e. The SMILES string of the molecule is CCN(CC(C)C)C(=O)[C@@H]1CNCCO1.Cl. The number of morpholine rings is 1. The molecule has 0 radical (unpaired) electrons. The molecule has 0 saturated carbocycles. The lowest BCUT2D eigenvalue weighted by Gasteiger charge is -2.30. The maximum atomic E-state index is 12.0. The number of halogens is 1.